The molecule has 1 fully saturated rings. The molecule has 4 nitrogen and oxygen atoms in total. The third kappa shape index (κ3) is 3.72. The summed E-state index contributed by atoms with van der Waals surface area (Å²) in [4.78, 5) is 26.3. The number of carbonyl (C=O) groups is 2. The van der Waals surface area contributed by atoms with Crippen molar-refractivity contribution >= 4 is 11.8 Å². The standard InChI is InChI=1S/C24H26N2O2/c1-2-23(27)26-14-12-19(13-15-26)24(28)25-22-11-10-18-8-9-20(16-21(18)22)17-6-4-3-5-7-17/h2-9,16,19,22H,1,10-15H2,(H,25,28). The summed E-state index contributed by atoms with van der Waals surface area (Å²) in [6.07, 6.45) is 4.74. The van der Waals surface area contributed by atoms with Gasteiger partial charge in [0, 0.05) is 19.0 Å². The normalized spacial score (nSPS) is 19.1. The van der Waals surface area contributed by atoms with Gasteiger partial charge < -0.3 is 10.2 Å². The first kappa shape index (κ1) is 18.5. The number of carbonyl (C=O) groups excluding carboxylic acids is 2. The van der Waals surface area contributed by atoms with Gasteiger partial charge >= 0.3 is 0 Å². The van der Waals surface area contributed by atoms with Crippen LogP contribution < -0.4 is 5.32 Å². The van der Waals surface area contributed by atoms with E-state index in [1.54, 1.807) is 4.90 Å². The first-order valence-corrected chi connectivity index (χ1v) is 10.1. The molecule has 2 amide bonds. The van der Waals surface area contributed by atoms with Crippen molar-refractivity contribution in [2.45, 2.75) is 31.7 Å². The van der Waals surface area contributed by atoms with Gasteiger partial charge in [-0.05, 0) is 60.1 Å². The molecule has 1 saturated heterocycles. The first-order valence-electron chi connectivity index (χ1n) is 10.1. The number of nitrogens with zero attached hydrogens (tertiary/aromatic N) is 1. The Bertz CT molecular complexity index is 883. The Morgan fingerprint density at radius 2 is 1.75 bits per heavy atom. The number of hydrogen-bond donors (Lipinski definition) is 1. The zero-order valence-corrected chi connectivity index (χ0v) is 16.1. The number of benzene rings is 2. The van der Waals surface area contributed by atoms with Crippen molar-refractivity contribution in [3.05, 3.63) is 72.3 Å². The summed E-state index contributed by atoms with van der Waals surface area (Å²) in [7, 11) is 0. The average molecular weight is 374 g/mol. The van der Waals surface area contributed by atoms with E-state index < -0.39 is 0 Å². The van der Waals surface area contributed by atoms with Crippen molar-refractivity contribution in [1.29, 1.82) is 0 Å². The van der Waals surface area contributed by atoms with E-state index >= 15 is 0 Å². The lowest BCUT2D eigenvalue weighted by Crippen LogP contribution is -2.43. The summed E-state index contributed by atoms with van der Waals surface area (Å²) in [6.45, 7) is 4.79. The topological polar surface area (TPSA) is 49.4 Å². The summed E-state index contributed by atoms with van der Waals surface area (Å²) < 4.78 is 0. The number of amides is 2. The molecule has 4 heteroatoms. The van der Waals surface area contributed by atoms with Gasteiger partial charge in [0.25, 0.3) is 0 Å². The maximum absolute atomic E-state index is 12.8. The largest absolute Gasteiger partial charge is 0.349 e. The third-order valence-electron chi connectivity index (χ3n) is 6.00. The second-order valence-corrected chi connectivity index (χ2v) is 7.68. The van der Waals surface area contributed by atoms with E-state index in [9.17, 15) is 9.59 Å². The van der Waals surface area contributed by atoms with Gasteiger partial charge in [-0.15, -0.1) is 0 Å². The molecule has 0 saturated carbocycles. The molecule has 0 radical (unpaired) electrons. The van der Waals surface area contributed by atoms with Crippen LogP contribution in [0, 0.1) is 5.92 Å². The molecule has 1 aliphatic heterocycles. The zero-order valence-electron chi connectivity index (χ0n) is 16.1. The molecule has 2 aliphatic rings. The highest BCUT2D eigenvalue weighted by Gasteiger charge is 2.30. The maximum atomic E-state index is 12.8. The molecular formula is C24H26N2O2. The minimum absolute atomic E-state index is 0.0183. The SMILES string of the molecule is C=CC(=O)N1CCC(C(=O)NC2CCc3ccc(-c4ccccc4)cc32)CC1. The highest BCUT2D eigenvalue weighted by molar-refractivity contribution is 5.87. The van der Waals surface area contributed by atoms with Crippen LogP contribution >= 0.6 is 0 Å². The lowest BCUT2D eigenvalue weighted by atomic mass is 9.94. The van der Waals surface area contributed by atoms with Crippen LogP contribution in [0.2, 0.25) is 0 Å². The Morgan fingerprint density at radius 3 is 2.46 bits per heavy atom. The molecular weight excluding hydrogens is 348 g/mol. The van der Waals surface area contributed by atoms with Crippen LogP contribution in [0.1, 0.15) is 36.4 Å². The molecule has 1 N–H and O–H groups in total. The lowest BCUT2D eigenvalue weighted by Gasteiger charge is -2.31. The molecule has 1 aliphatic carbocycles. The van der Waals surface area contributed by atoms with Gasteiger partial charge in [0.05, 0.1) is 6.04 Å². The number of likely N-dealkylation sites (tertiary alicyclic amines) is 1. The molecule has 144 valence electrons. The minimum atomic E-state index is -0.0444. The Balaban J connectivity index is 1.43. The molecule has 1 heterocycles. The molecule has 0 spiro atoms. The quantitative estimate of drug-likeness (QED) is 0.826. The van der Waals surface area contributed by atoms with Crippen LogP contribution in [0.4, 0.5) is 0 Å². The predicted octanol–water partition coefficient (Wildman–Crippen LogP) is 3.88. The first-order chi connectivity index (χ1) is 13.7. The highest BCUT2D eigenvalue weighted by atomic mass is 16.2. The van der Waals surface area contributed by atoms with Crippen LogP contribution in [-0.4, -0.2) is 29.8 Å². The Labute approximate surface area is 166 Å². The van der Waals surface area contributed by atoms with Crippen molar-refractivity contribution in [3.8, 4) is 11.1 Å². The lowest BCUT2D eigenvalue weighted by molar-refractivity contribution is -0.132. The average Bonchev–Trinajstić information content (AvgIpc) is 3.15. The van der Waals surface area contributed by atoms with Gasteiger partial charge in [0.15, 0.2) is 0 Å². The van der Waals surface area contributed by atoms with Crippen molar-refractivity contribution in [2.24, 2.45) is 5.92 Å². The number of nitrogens with one attached hydrogen (secondary N) is 1. The van der Waals surface area contributed by atoms with E-state index in [1.165, 1.54) is 28.3 Å². The fourth-order valence-electron chi connectivity index (χ4n) is 4.34. The maximum Gasteiger partial charge on any atom is 0.245 e. The fraction of sp³-hybridized carbons (Fsp3) is 0.333. The van der Waals surface area contributed by atoms with Crippen LogP contribution in [0.15, 0.2) is 61.2 Å². The van der Waals surface area contributed by atoms with E-state index in [1.807, 2.05) is 18.2 Å². The number of piperidine rings is 1. The summed E-state index contributed by atoms with van der Waals surface area (Å²) >= 11 is 0. The molecule has 4 rings (SSSR count). The van der Waals surface area contributed by atoms with E-state index in [4.69, 9.17) is 0 Å². The van der Waals surface area contributed by atoms with Gasteiger partial charge in [0.2, 0.25) is 11.8 Å². The van der Waals surface area contributed by atoms with Crippen LogP contribution in [-0.2, 0) is 16.0 Å². The van der Waals surface area contributed by atoms with Crippen molar-refractivity contribution in [3.63, 3.8) is 0 Å². The monoisotopic (exact) mass is 374 g/mol. The van der Waals surface area contributed by atoms with E-state index in [0.29, 0.717) is 13.1 Å². The third-order valence-corrected chi connectivity index (χ3v) is 6.00. The van der Waals surface area contributed by atoms with E-state index in [2.05, 4.69) is 42.2 Å². The fourth-order valence-corrected chi connectivity index (χ4v) is 4.34. The summed E-state index contributed by atoms with van der Waals surface area (Å²) in [6, 6.07) is 17.0. The Morgan fingerprint density at radius 1 is 1.00 bits per heavy atom. The van der Waals surface area contributed by atoms with Crippen molar-refractivity contribution in [1.82, 2.24) is 10.2 Å². The molecule has 0 bridgehead atoms. The van der Waals surface area contributed by atoms with Gasteiger partial charge in [-0.3, -0.25) is 9.59 Å². The molecule has 0 aromatic heterocycles. The minimum Gasteiger partial charge on any atom is -0.349 e. The zero-order chi connectivity index (χ0) is 19.5. The summed E-state index contributed by atoms with van der Waals surface area (Å²) in [5, 5.41) is 3.28. The number of aryl methyl sites for hydroxylation is 1. The summed E-state index contributed by atoms with van der Waals surface area (Å²) in [5.41, 5.74) is 4.96. The predicted molar refractivity (Wildman–Crippen MR) is 111 cm³/mol. The van der Waals surface area contributed by atoms with Gasteiger partial charge in [0.1, 0.15) is 0 Å². The van der Waals surface area contributed by atoms with Gasteiger partial charge in [-0.2, -0.15) is 0 Å². The van der Waals surface area contributed by atoms with E-state index in [0.717, 1.165) is 25.7 Å². The Hall–Kier alpha value is -2.88. The van der Waals surface area contributed by atoms with Crippen molar-refractivity contribution < 1.29 is 9.59 Å². The molecule has 1 atom stereocenters. The summed E-state index contributed by atoms with van der Waals surface area (Å²) in [5.74, 6) is 0.0564. The molecule has 2 aromatic carbocycles. The molecule has 28 heavy (non-hydrogen) atoms. The van der Waals surface area contributed by atoms with Crippen LogP contribution in [0.3, 0.4) is 0 Å². The Kier molecular flexibility index (Phi) is 5.29. The van der Waals surface area contributed by atoms with E-state index in [-0.39, 0.29) is 23.8 Å². The molecule has 1 unspecified atom stereocenters. The van der Waals surface area contributed by atoms with Gasteiger partial charge in [-0.1, -0.05) is 49.0 Å². The smallest absolute Gasteiger partial charge is 0.245 e. The highest BCUT2D eigenvalue weighted by Crippen LogP contribution is 2.35. The second-order valence-electron chi connectivity index (χ2n) is 7.68. The van der Waals surface area contributed by atoms with Crippen LogP contribution in [0.5, 0.6) is 0 Å². The van der Waals surface area contributed by atoms with Crippen LogP contribution in [0.25, 0.3) is 11.1 Å². The molecule has 2 aromatic rings. The van der Waals surface area contributed by atoms with Gasteiger partial charge in [-0.25, -0.2) is 0 Å². The second kappa shape index (κ2) is 8.01. The van der Waals surface area contributed by atoms with Crippen molar-refractivity contribution in [2.75, 3.05) is 13.1 Å². The number of hydrogen-bond acceptors (Lipinski definition) is 2. The number of fused-ring (bicyclic) bond motifs is 1. The number of rotatable bonds is 4.